The Morgan fingerprint density at radius 2 is 1.44 bits per heavy atom. The standard InChI is InChI=1S/C28H24F4O2/c1-17(7-9-18(2)19(3)25(29)26(30)20(4)33-5)8-10-22-13-16-24(28(32)27(22)31)21-11-14-23(34-6)15-12-21/h7-16H,1-4H2,5-6H3/b9-7-,10-8+,26-25-. The van der Waals surface area contributed by atoms with Gasteiger partial charge < -0.3 is 9.47 Å². The molecule has 6 heteroatoms. The molecule has 0 unspecified atom stereocenters. The Kier molecular flexibility index (Phi) is 9.01. The first-order chi connectivity index (χ1) is 16.1. The van der Waals surface area contributed by atoms with Crippen LogP contribution in [0.15, 0.2) is 115 Å². The first kappa shape index (κ1) is 26.2. The summed E-state index contributed by atoms with van der Waals surface area (Å²) in [5.74, 6) is -4.41. The van der Waals surface area contributed by atoms with Crippen LogP contribution in [-0.4, -0.2) is 14.2 Å². The second-order valence-electron chi connectivity index (χ2n) is 7.06. The molecule has 176 valence electrons. The maximum absolute atomic E-state index is 14.6. The summed E-state index contributed by atoms with van der Waals surface area (Å²) in [6.07, 6.45) is 5.60. The highest BCUT2D eigenvalue weighted by Gasteiger charge is 2.15. The molecular weight excluding hydrogens is 444 g/mol. The molecule has 0 aliphatic rings. The van der Waals surface area contributed by atoms with Gasteiger partial charge in [-0.05, 0) is 28.8 Å². The zero-order valence-corrected chi connectivity index (χ0v) is 18.9. The Bertz CT molecular complexity index is 1220. The van der Waals surface area contributed by atoms with Crippen molar-refractivity contribution in [2.24, 2.45) is 0 Å². The van der Waals surface area contributed by atoms with Crippen LogP contribution in [0.5, 0.6) is 5.75 Å². The minimum Gasteiger partial charge on any atom is -0.497 e. The lowest BCUT2D eigenvalue weighted by Crippen LogP contribution is -1.94. The van der Waals surface area contributed by atoms with Crippen LogP contribution in [0.4, 0.5) is 17.6 Å². The van der Waals surface area contributed by atoms with Crippen LogP contribution in [-0.2, 0) is 4.74 Å². The monoisotopic (exact) mass is 468 g/mol. The highest BCUT2D eigenvalue weighted by molar-refractivity contribution is 5.68. The summed E-state index contributed by atoms with van der Waals surface area (Å²) in [5, 5.41) is 0. The van der Waals surface area contributed by atoms with Crippen LogP contribution >= 0.6 is 0 Å². The molecule has 0 atom stereocenters. The van der Waals surface area contributed by atoms with Crippen molar-refractivity contribution in [3.63, 3.8) is 0 Å². The van der Waals surface area contributed by atoms with E-state index in [9.17, 15) is 17.6 Å². The van der Waals surface area contributed by atoms with Crippen molar-refractivity contribution in [3.05, 3.63) is 132 Å². The van der Waals surface area contributed by atoms with Crippen molar-refractivity contribution in [1.29, 1.82) is 0 Å². The fourth-order valence-electron chi connectivity index (χ4n) is 2.73. The molecule has 0 N–H and O–H groups in total. The second-order valence-corrected chi connectivity index (χ2v) is 7.06. The molecule has 0 amide bonds. The summed E-state index contributed by atoms with van der Waals surface area (Å²) >= 11 is 0. The lowest BCUT2D eigenvalue weighted by molar-refractivity contribution is 0.281. The van der Waals surface area contributed by atoms with Gasteiger partial charge in [0, 0.05) is 16.7 Å². The van der Waals surface area contributed by atoms with Crippen LogP contribution in [0.3, 0.4) is 0 Å². The van der Waals surface area contributed by atoms with Gasteiger partial charge in [-0.3, -0.25) is 0 Å². The molecule has 34 heavy (non-hydrogen) atoms. The fraction of sp³-hybridized carbons (Fsp3) is 0.0714. The summed E-state index contributed by atoms with van der Waals surface area (Å²) in [6, 6.07) is 9.50. The van der Waals surface area contributed by atoms with Gasteiger partial charge in [-0.1, -0.05) is 74.9 Å². The number of rotatable bonds is 10. The van der Waals surface area contributed by atoms with E-state index >= 15 is 0 Å². The molecule has 0 bridgehead atoms. The van der Waals surface area contributed by atoms with Crippen LogP contribution in [0.25, 0.3) is 17.2 Å². The predicted octanol–water partition coefficient (Wildman–Crippen LogP) is 8.19. The summed E-state index contributed by atoms with van der Waals surface area (Å²) in [7, 11) is 2.67. The average Bonchev–Trinajstić information content (AvgIpc) is 2.86. The predicted molar refractivity (Wildman–Crippen MR) is 129 cm³/mol. The SMILES string of the molecule is C=C(/C=C\C(=C)C(=C)/C(F)=C(/F)C(=C)OC)/C=C/c1ccc(-c2ccc(OC)cc2)c(F)c1F. The van der Waals surface area contributed by atoms with Gasteiger partial charge in [0.05, 0.1) is 14.2 Å². The molecule has 0 aliphatic carbocycles. The van der Waals surface area contributed by atoms with Crippen LogP contribution in [0, 0.1) is 11.6 Å². The third-order valence-corrected chi connectivity index (χ3v) is 4.83. The van der Waals surface area contributed by atoms with Crippen molar-refractivity contribution < 1.29 is 27.0 Å². The molecule has 0 radical (unpaired) electrons. The lowest BCUT2D eigenvalue weighted by Gasteiger charge is -2.08. The zero-order chi connectivity index (χ0) is 25.4. The van der Waals surface area contributed by atoms with Crippen LogP contribution in [0.2, 0.25) is 0 Å². The Labute approximate surface area is 196 Å². The molecule has 2 aromatic rings. The van der Waals surface area contributed by atoms with Crippen molar-refractivity contribution >= 4 is 6.08 Å². The van der Waals surface area contributed by atoms with Gasteiger partial charge in [0.1, 0.15) is 11.5 Å². The maximum atomic E-state index is 14.6. The molecule has 2 nitrogen and oxygen atoms in total. The number of ether oxygens (including phenoxy) is 2. The maximum Gasteiger partial charge on any atom is 0.200 e. The van der Waals surface area contributed by atoms with E-state index in [0.717, 1.165) is 7.11 Å². The van der Waals surface area contributed by atoms with E-state index in [2.05, 4.69) is 31.1 Å². The number of methoxy groups -OCH3 is 2. The largest absolute Gasteiger partial charge is 0.497 e. The zero-order valence-electron chi connectivity index (χ0n) is 18.9. The number of hydrogen-bond acceptors (Lipinski definition) is 2. The normalized spacial score (nSPS) is 11.9. The topological polar surface area (TPSA) is 18.5 Å². The van der Waals surface area contributed by atoms with E-state index in [0.29, 0.717) is 16.9 Å². The van der Waals surface area contributed by atoms with Gasteiger partial charge in [-0.15, -0.1) is 0 Å². The van der Waals surface area contributed by atoms with Gasteiger partial charge in [0.15, 0.2) is 17.5 Å². The Hall–Kier alpha value is -4.06. The highest BCUT2D eigenvalue weighted by Crippen LogP contribution is 2.29. The number of hydrogen-bond donors (Lipinski definition) is 0. The van der Waals surface area contributed by atoms with E-state index in [1.54, 1.807) is 24.3 Å². The highest BCUT2D eigenvalue weighted by atomic mass is 19.2. The quantitative estimate of drug-likeness (QED) is 0.199. The van der Waals surface area contributed by atoms with E-state index in [1.165, 1.54) is 43.5 Å². The van der Waals surface area contributed by atoms with E-state index in [-0.39, 0.29) is 22.3 Å². The Morgan fingerprint density at radius 1 is 0.794 bits per heavy atom. The Balaban J connectivity index is 2.14. The fourth-order valence-corrected chi connectivity index (χ4v) is 2.73. The third kappa shape index (κ3) is 6.25. The molecule has 0 spiro atoms. The number of allylic oxidation sites excluding steroid dienone is 8. The summed E-state index contributed by atoms with van der Waals surface area (Å²) in [4.78, 5) is 0. The minimum absolute atomic E-state index is 0.0154. The summed E-state index contributed by atoms with van der Waals surface area (Å²) in [6.45, 7) is 14.1. The van der Waals surface area contributed by atoms with Gasteiger partial charge in [0.2, 0.25) is 5.83 Å². The molecule has 0 saturated carbocycles. The third-order valence-electron chi connectivity index (χ3n) is 4.83. The summed E-state index contributed by atoms with van der Waals surface area (Å²) in [5.41, 5.74) is 0.786. The van der Waals surface area contributed by atoms with Gasteiger partial charge >= 0.3 is 0 Å². The Morgan fingerprint density at radius 3 is 2.03 bits per heavy atom. The molecule has 2 aromatic carbocycles. The molecule has 0 heterocycles. The molecule has 0 aromatic heterocycles. The first-order valence-corrected chi connectivity index (χ1v) is 9.95. The van der Waals surface area contributed by atoms with E-state index < -0.39 is 29.0 Å². The first-order valence-electron chi connectivity index (χ1n) is 9.95. The second kappa shape index (κ2) is 11.7. The van der Waals surface area contributed by atoms with Gasteiger partial charge in [-0.2, -0.15) is 4.39 Å². The van der Waals surface area contributed by atoms with Crippen LogP contribution in [0.1, 0.15) is 5.56 Å². The van der Waals surface area contributed by atoms with Crippen molar-refractivity contribution in [1.82, 2.24) is 0 Å². The van der Waals surface area contributed by atoms with Crippen LogP contribution < -0.4 is 4.74 Å². The van der Waals surface area contributed by atoms with Gasteiger partial charge in [-0.25, -0.2) is 13.2 Å². The smallest absolute Gasteiger partial charge is 0.200 e. The molecule has 2 rings (SSSR count). The summed E-state index contributed by atoms with van der Waals surface area (Å²) < 4.78 is 66.8. The van der Waals surface area contributed by atoms with Crippen molar-refractivity contribution in [3.8, 4) is 16.9 Å². The molecule has 0 fully saturated rings. The average molecular weight is 468 g/mol. The van der Waals surface area contributed by atoms with Crippen molar-refractivity contribution in [2.75, 3.05) is 14.2 Å². The molecular formula is C28H24F4O2. The number of benzene rings is 2. The van der Waals surface area contributed by atoms with E-state index in [4.69, 9.17) is 4.74 Å². The molecule has 0 saturated heterocycles. The lowest BCUT2D eigenvalue weighted by atomic mass is 10.0. The minimum atomic E-state index is -1.28. The van der Waals surface area contributed by atoms with Crippen molar-refractivity contribution in [2.45, 2.75) is 0 Å². The van der Waals surface area contributed by atoms with E-state index in [1.807, 2.05) is 0 Å². The number of halogens is 4. The van der Waals surface area contributed by atoms with Gasteiger partial charge in [0.25, 0.3) is 0 Å². The molecule has 0 aliphatic heterocycles.